The third-order valence-corrected chi connectivity index (χ3v) is 3.94. The SMILES string of the molecule is CC(C)N(C)CCCCNC(=O)c1sccc1N. The van der Waals surface area contributed by atoms with Crippen molar-refractivity contribution in [3.63, 3.8) is 0 Å². The molecule has 0 spiro atoms. The molecule has 0 bridgehead atoms. The van der Waals surface area contributed by atoms with Gasteiger partial charge in [0.15, 0.2) is 0 Å². The van der Waals surface area contributed by atoms with Crippen molar-refractivity contribution in [3.8, 4) is 0 Å². The minimum Gasteiger partial charge on any atom is -0.397 e. The van der Waals surface area contributed by atoms with Crippen molar-refractivity contribution in [2.45, 2.75) is 32.7 Å². The Bertz CT molecular complexity index is 376. The zero-order valence-corrected chi connectivity index (χ0v) is 12.2. The maximum absolute atomic E-state index is 11.7. The standard InChI is InChI=1S/C13H23N3OS/c1-10(2)16(3)8-5-4-7-15-13(17)12-11(14)6-9-18-12/h6,9-10H,4-5,7-8,14H2,1-3H3,(H,15,17). The normalized spacial score (nSPS) is 11.2. The van der Waals surface area contributed by atoms with Crippen LogP contribution in [-0.2, 0) is 0 Å². The van der Waals surface area contributed by atoms with E-state index in [1.54, 1.807) is 6.07 Å². The molecule has 0 radical (unpaired) electrons. The van der Waals surface area contributed by atoms with E-state index in [2.05, 4.69) is 31.1 Å². The molecule has 0 aliphatic carbocycles. The van der Waals surface area contributed by atoms with Crippen LogP contribution in [0.1, 0.15) is 36.4 Å². The first-order chi connectivity index (χ1) is 8.52. The van der Waals surface area contributed by atoms with Crippen LogP contribution < -0.4 is 11.1 Å². The predicted molar refractivity (Wildman–Crippen MR) is 78.1 cm³/mol. The molecule has 0 saturated carbocycles. The number of nitrogens with zero attached hydrogens (tertiary/aromatic N) is 1. The van der Waals surface area contributed by atoms with Crippen LogP contribution in [0.3, 0.4) is 0 Å². The molecule has 1 aromatic heterocycles. The maximum atomic E-state index is 11.7. The first kappa shape index (κ1) is 15.0. The van der Waals surface area contributed by atoms with Crippen LogP contribution in [-0.4, -0.2) is 37.0 Å². The molecule has 1 rings (SSSR count). The first-order valence-electron chi connectivity index (χ1n) is 6.33. The van der Waals surface area contributed by atoms with Crippen molar-refractivity contribution in [3.05, 3.63) is 16.3 Å². The van der Waals surface area contributed by atoms with Crippen LogP contribution in [0.2, 0.25) is 0 Å². The second-order valence-corrected chi connectivity index (χ2v) is 5.66. The second kappa shape index (κ2) is 7.38. The molecule has 0 fully saturated rings. The average molecular weight is 269 g/mol. The zero-order chi connectivity index (χ0) is 13.5. The molecule has 18 heavy (non-hydrogen) atoms. The number of nitrogens with two attached hydrogens (primary N) is 1. The highest BCUT2D eigenvalue weighted by Crippen LogP contribution is 2.18. The molecule has 0 aromatic carbocycles. The Morgan fingerprint density at radius 1 is 1.50 bits per heavy atom. The molecule has 0 atom stereocenters. The number of amides is 1. The molecule has 4 nitrogen and oxygen atoms in total. The molecule has 1 heterocycles. The fourth-order valence-electron chi connectivity index (χ4n) is 1.53. The summed E-state index contributed by atoms with van der Waals surface area (Å²) in [5.74, 6) is -0.0558. The van der Waals surface area contributed by atoms with Gasteiger partial charge in [-0.3, -0.25) is 4.79 Å². The number of carbonyl (C=O) groups is 1. The molecule has 0 aliphatic heterocycles. The minimum absolute atomic E-state index is 0.0558. The number of carbonyl (C=O) groups excluding carboxylic acids is 1. The molecule has 5 heteroatoms. The molecule has 102 valence electrons. The van der Waals surface area contributed by atoms with E-state index in [1.807, 2.05) is 5.38 Å². The van der Waals surface area contributed by atoms with Crippen LogP contribution in [0.4, 0.5) is 5.69 Å². The van der Waals surface area contributed by atoms with E-state index in [0.29, 0.717) is 23.2 Å². The highest BCUT2D eigenvalue weighted by molar-refractivity contribution is 7.12. The maximum Gasteiger partial charge on any atom is 0.263 e. The number of rotatable bonds is 7. The molecule has 0 saturated heterocycles. The Hall–Kier alpha value is -1.07. The quantitative estimate of drug-likeness (QED) is 0.746. The zero-order valence-electron chi connectivity index (χ0n) is 11.4. The summed E-state index contributed by atoms with van der Waals surface area (Å²) in [5, 5.41) is 4.74. The Morgan fingerprint density at radius 3 is 2.78 bits per heavy atom. The van der Waals surface area contributed by atoms with E-state index < -0.39 is 0 Å². The fraction of sp³-hybridized carbons (Fsp3) is 0.615. The van der Waals surface area contributed by atoms with E-state index in [1.165, 1.54) is 11.3 Å². The number of thiophene rings is 1. The Kier molecular flexibility index (Phi) is 6.15. The van der Waals surface area contributed by atoms with Gasteiger partial charge in [-0.15, -0.1) is 11.3 Å². The van der Waals surface area contributed by atoms with E-state index in [-0.39, 0.29) is 5.91 Å². The van der Waals surface area contributed by atoms with Crippen molar-refractivity contribution >= 4 is 22.9 Å². The minimum atomic E-state index is -0.0558. The van der Waals surface area contributed by atoms with Gasteiger partial charge in [0, 0.05) is 12.6 Å². The highest BCUT2D eigenvalue weighted by Gasteiger charge is 2.10. The molecule has 0 aliphatic rings. The Balaban J connectivity index is 2.15. The van der Waals surface area contributed by atoms with Gasteiger partial charge in [-0.25, -0.2) is 0 Å². The smallest absolute Gasteiger partial charge is 0.263 e. The van der Waals surface area contributed by atoms with Gasteiger partial charge in [0.05, 0.1) is 5.69 Å². The number of unbranched alkanes of at least 4 members (excludes halogenated alkanes) is 1. The van der Waals surface area contributed by atoms with Gasteiger partial charge in [0.1, 0.15) is 4.88 Å². The Morgan fingerprint density at radius 2 is 2.22 bits per heavy atom. The molecule has 1 aromatic rings. The summed E-state index contributed by atoms with van der Waals surface area (Å²) < 4.78 is 0. The molecule has 3 N–H and O–H groups in total. The van der Waals surface area contributed by atoms with E-state index in [0.717, 1.165) is 19.4 Å². The summed E-state index contributed by atoms with van der Waals surface area (Å²) in [4.78, 5) is 14.7. The van der Waals surface area contributed by atoms with Crippen molar-refractivity contribution in [2.24, 2.45) is 0 Å². The lowest BCUT2D eigenvalue weighted by molar-refractivity contribution is 0.0957. The number of hydrogen-bond donors (Lipinski definition) is 2. The number of hydrogen-bond acceptors (Lipinski definition) is 4. The molecule has 0 unspecified atom stereocenters. The number of nitrogen functional groups attached to an aromatic ring is 1. The number of anilines is 1. The van der Waals surface area contributed by atoms with Crippen LogP contribution in [0.15, 0.2) is 11.4 Å². The van der Waals surface area contributed by atoms with Crippen LogP contribution >= 0.6 is 11.3 Å². The molecule has 1 amide bonds. The third-order valence-electron chi connectivity index (χ3n) is 3.01. The van der Waals surface area contributed by atoms with E-state index in [9.17, 15) is 4.79 Å². The summed E-state index contributed by atoms with van der Waals surface area (Å²) >= 11 is 1.38. The third kappa shape index (κ3) is 4.66. The van der Waals surface area contributed by atoms with Gasteiger partial charge in [0.25, 0.3) is 5.91 Å². The number of nitrogens with one attached hydrogen (secondary N) is 1. The topological polar surface area (TPSA) is 58.4 Å². The summed E-state index contributed by atoms with van der Waals surface area (Å²) in [6.07, 6.45) is 2.09. The van der Waals surface area contributed by atoms with Gasteiger partial charge in [0.2, 0.25) is 0 Å². The van der Waals surface area contributed by atoms with Crippen molar-refractivity contribution in [1.29, 1.82) is 0 Å². The van der Waals surface area contributed by atoms with Crippen molar-refractivity contribution < 1.29 is 4.79 Å². The fourth-order valence-corrected chi connectivity index (χ4v) is 2.26. The van der Waals surface area contributed by atoms with Crippen LogP contribution in [0.25, 0.3) is 0 Å². The van der Waals surface area contributed by atoms with Gasteiger partial charge < -0.3 is 16.0 Å². The Labute approximate surface area is 113 Å². The van der Waals surface area contributed by atoms with E-state index >= 15 is 0 Å². The van der Waals surface area contributed by atoms with Crippen LogP contribution in [0, 0.1) is 0 Å². The molecular weight excluding hydrogens is 246 g/mol. The first-order valence-corrected chi connectivity index (χ1v) is 7.21. The van der Waals surface area contributed by atoms with Gasteiger partial charge in [-0.1, -0.05) is 0 Å². The summed E-state index contributed by atoms with van der Waals surface area (Å²) in [5.41, 5.74) is 6.25. The van der Waals surface area contributed by atoms with Crippen molar-refractivity contribution in [1.82, 2.24) is 10.2 Å². The monoisotopic (exact) mass is 269 g/mol. The highest BCUT2D eigenvalue weighted by atomic mass is 32.1. The lowest BCUT2D eigenvalue weighted by atomic mass is 10.2. The van der Waals surface area contributed by atoms with Crippen LogP contribution in [0.5, 0.6) is 0 Å². The predicted octanol–water partition coefficient (Wildman–Crippen LogP) is 2.18. The summed E-state index contributed by atoms with van der Waals surface area (Å²) in [7, 11) is 2.12. The summed E-state index contributed by atoms with van der Waals surface area (Å²) in [6.45, 7) is 6.14. The largest absolute Gasteiger partial charge is 0.397 e. The second-order valence-electron chi connectivity index (χ2n) is 4.74. The summed E-state index contributed by atoms with van der Waals surface area (Å²) in [6, 6.07) is 2.34. The lowest BCUT2D eigenvalue weighted by Crippen LogP contribution is -2.29. The lowest BCUT2D eigenvalue weighted by Gasteiger charge is -2.20. The van der Waals surface area contributed by atoms with Gasteiger partial charge >= 0.3 is 0 Å². The average Bonchev–Trinajstić information content (AvgIpc) is 2.74. The van der Waals surface area contributed by atoms with E-state index in [4.69, 9.17) is 5.73 Å². The van der Waals surface area contributed by atoms with Gasteiger partial charge in [-0.2, -0.15) is 0 Å². The van der Waals surface area contributed by atoms with Crippen molar-refractivity contribution in [2.75, 3.05) is 25.9 Å². The van der Waals surface area contributed by atoms with Gasteiger partial charge in [-0.05, 0) is 51.7 Å². The molecular formula is C13H23N3OS.